The van der Waals surface area contributed by atoms with Crippen LogP contribution < -0.4 is 4.90 Å². The van der Waals surface area contributed by atoms with E-state index in [0.717, 1.165) is 45.7 Å². The maximum absolute atomic E-state index is 13.7. The number of halogens is 1. The number of pyridine rings is 1. The first-order valence-electron chi connectivity index (χ1n) is 6.89. The lowest BCUT2D eigenvalue weighted by Gasteiger charge is -2.23. The van der Waals surface area contributed by atoms with Gasteiger partial charge < -0.3 is 14.7 Å². The van der Waals surface area contributed by atoms with Crippen LogP contribution in [0.3, 0.4) is 0 Å². The molecule has 0 unspecified atom stereocenters. The van der Waals surface area contributed by atoms with Crippen molar-refractivity contribution in [3.8, 4) is 0 Å². The Balaban J connectivity index is 1.91. The van der Waals surface area contributed by atoms with Crippen molar-refractivity contribution in [1.82, 2.24) is 14.8 Å². The summed E-state index contributed by atoms with van der Waals surface area (Å²) in [7, 11) is 4.18. The predicted octanol–water partition coefficient (Wildman–Crippen LogP) is 1.29. The highest BCUT2D eigenvalue weighted by Crippen LogP contribution is 2.17. The summed E-state index contributed by atoms with van der Waals surface area (Å²) in [4.78, 5) is 10.9. The molecule has 0 N–H and O–H groups in total. The van der Waals surface area contributed by atoms with Crippen LogP contribution >= 0.6 is 0 Å². The predicted molar refractivity (Wildman–Crippen MR) is 76.0 cm³/mol. The number of rotatable bonds is 4. The van der Waals surface area contributed by atoms with Gasteiger partial charge in [0, 0.05) is 38.9 Å². The quantitative estimate of drug-likeness (QED) is 0.819. The van der Waals surface area contributed by atoms with Crippen molar-refractivity contribution in [2.24, 2.45) is 0 Å². The van der Waals surface area contributed by atoms with Crippen molar-refractivity contribution >= 4 is 5.82 Å². The molecule has 1 aromatic heterocycles. The first-order valence-corrected chi connectivity index (χ1v) is 6.89. The molecular formula is C14H23FN4. The second-order valence-electron chi connectivity index (χ2n) is 5.29. The van der Waals surface area contributed by atoms with E-state index in [0.29, 0.717) is 5.82 Å². The van der Waals surface area contributed by atoms with E-state index in [-0.39, 0.29) is 5.82 Å². The van der Waals surface area contributed by atoms with Gasteiger partial charge in [0.05, 0.1) is 0 Å². The molecule has 0 aromatic carbocycles. The fraction of sp³-hybridized carbons (Fsp3) is 0.643. The van der Waals surface area contributed by atoms with Crippen LogP contribution in [0.15, 0.2) is 18.3 Å². The SMILES string of the molecule is CN(C)CCN1CCCN(c2ncccc2F)CC1. The van der Waals surface area contributed by atoms with Gasteiger partial charge in [-0.25, -0.2) is 9.37 Å². The molecule has 1 fully saturated rings. The average Bonchev–Trinajstić information content (AvgIpc) is 2.62. The number of nitrogens with zero attached hydrogens (tertiary/aromatic N) is 4. The van der Waals surface area contributed by atoms with Crippen LogP contribution in [0.1, 0.15) is 6.42 Å². The van der Waals surface area contributed by atoms with E-state index in [4.69, 9.17) is 0 Å². The van der Waals surface area contributed by atoms with Crippen LogP contribution in [0.2, 0.25) is 0 Å². The lowest BCUT2D eigenvalue weighted by Crippen LogP contribution is -2.35. The van der Waals surface area contributed by atoms with Gasteiger partial charge in [-0.05, 0) is 39.2 Å². The first-order chi connectivity index (χ1) is 9.16. The van der Waals surface area contributed by atoms with Crippen LogP contribution in [-0.2, 0) is 0 Å². The topological polar surface area (TPSA) is 22.6 Å². The Morgan fingerprint density at radius 3 is 2.84 bits per heavy atom. The number of aromatic nitrogens is 1. The molecule has 0 bridgehead atoms. The van der Waals surface area contributed by atoms with Gasteiger partial charge in [0.15, 0.2) is 11.6 Å². The van der Waals surface area contributed by atoms with Crippen molar-refractivity contribution in [2.75, 3.05) is 58.3 Å². The molecule has 4 nitrogen and oxygen atoms in total. The molecule has 0 saturated carbocycles. The number of anilines is 1. The molecule has 0 amide bonds. The Kier molecular flexibility index (Phi) is 5.10. The van der Waals surface area contributed by atoms with Gasteiger partial charge in [0.25, 0.3) is 0 Å². The van der Waals surface area contributed by atoms with Crippen LogP contribution in [0.4, 0.5) is 10.2 Å². The van der Waals surface area contributed by atoms with Crippen LogP contribution in [0.25, 0.3) is 0 Å². The summed E-state index contributed by atoms with van der Waals surface area (Å²) in [6, 6.07) is 3.12. The number of likely N-dealkylation sites (N-methyl/N-ethyl adjacent to an activating group) is 1. The molecular weight excluding hydrogens is 243 g/mol. The molecule has 2 rings (SSSR count). The van der Waals surface area contributed by atoms with Crippen molar-refractivity contribution in [3.05, 3.63) is 24.1 Å². The van der Waals surface area contributed by atoms with Gasteiger partial charge in [-0.2, -0.15) is 0 Å². The Morgan fingerprint density at radius 2 is 2.11 bits per heavy atom. The van der Waals surface area contributed by atoms with E-state index < -0.39 is 0 Å². The minimum atomic E-state index is -0.218. The Labute approximate surface area is 114 Å². The maximum Gasteiger partial charge on any atom is 0.165 e. The van der Waals surface area contributed by atoms with E-state index in [1.54, 1.807) is 12.3 Å². The average molecular weight is 266 g/mol. The summed E-state index contributed by atoms with van der Waals surface area (Å²) in [6.45, 7) is 5.93. The molecule has 2 heterocycles. The highest BCUT2D eigenvalue weighted by Gasteiger charge is 2.18. The fourth-order valence-electron chi connectivity index (χ4n) is 2.36. The van der Waals surface area contributed by atoms with Crippen LogP contribution in [0.5, 0.6) is 0 Å². The molecule has 5 heteroatoms. The molecule has 1 aliphatic rings. The molecule has 0 radical (unpaired) electrons. The Bertz CT molecular complexity index is 397. The zero-order valence-electron chi connectivity index (χ0n) is 11.8. The monoisotopic (exact) mass is 266 g/mol. The smallest absolute Gasteiger partial charge is 0.165 e. The third-order valence-electron chi connectivity index (χ3n) is 3.49. The van der Waals surface area contributed by atoms with E-state index in [2.05, 4.69) is 33.8 Å². The lowest BCUT2D eigenvalue weighted by molar-refractivity contribution is 0.254. The highest BCUT2D eigenvalue weighted by atomic mass is 19.1. The van der Waals surface area contributed by atoms with Gasteiger partial charge in [-0.1, -0.05) is 0 Å². The molecule has 19 heavy (non-hydrogen) atoms. The molecule has 1 aliphatic heterocycles. The summed E-state index contributed by atoms with van der Waals surface area (Å²) >= 11 is 0. The minimum absolute atomic E-state index is 0.218. The summed E-state index contributed by atoms with van der Waals surface area (Å²) < 4.78 is 13.7. The lowest BCUT2D eigenvalue weighted by atomic mass is 10.3. The third-order valence-corrected chi connectivity index (χ3v) is 3.49. The second kappa shape index (κ2) is 6.82. The van der Waals surface area contributed by atoms with Crippen molar-refractivity contribution < 1.29 is 4.39 Å². The summed E-state index contributed by atoms with van der Waals surface area (Å²) in [5.41, 5.74) is 0. The molecule has 0 aliphatic carbocycles. The third kappa shape index (κ3) is 4.14. The largest absolute Gasteiger partial charge is 0.353 e. The zero-order chi connectivity index (χ0) is 13.7. The summed E-state index contributed by atoms with van der Waals surface area (Å²) in [5.74, 6) is 0.279. The normalized spacial score (nSPS) is 17.8. The first kappa shape index (κ1) is 14.2. The standard InChI is InChI=1S/C14H23FN4/c1-17(2)9-10-18-7-4-8-19(12-11-18)14-13(15)5-3-6-16-14/h3,5-6H,4,7-12H2,1-2H3. The molecule has 1 aromatic rings. The van der Waals surface area contributed by atoms with Crippen molar-refractivity contribution in [1.29, 1.82) is 0 Å². The summed E-state index contributed by atoms with van der Waals surface area (Å²) in [6.07, 6.45) is 2.72. The van der Waals surface area contributed by atoms with Gasteiger partial charge >= 0.3 is 0 Å². The Morgan fingerprint density at radius 1 is 1.26 bits per heavy atom. The summed E-state index contributed by atoms with van der Waals surface area (Å²) in [5, 5.41) is 0. The number of hydrogen-bond acceptors (Lipinski definition) is 4. The van der Waals surface area contributed by atoms with Crippen LogP contribution in [-0.4, -0.2) is 68.1 Å². The second-order valence-corrected chi connectivity index (χ2v) is 5.29. The molecule has 106 valence electrons. The fourth-order valence-corrected chi connectivity index (χ4v) is 2.36. The molecule has 0 atom stereocenters. The highest BCUT2D eigenvalue weighted by molar-refractivity contribution is 5.39. The molecule has 0 spiro atoms. The maximum atomic E-state index is 13.7. The van der Waals surface area contributed by atoms with E-state index in [9.17, 15) is 4.39 Å². The molecule has 1 saturated heterocycles. The van der Waals surface area contributed by atoms with Crippen molar-refractivity contribution in [2.45, 2.75) is 6.42 Å². The van der Waals surface area contributed by atoms with Gasteiger partial charge in [-0.15, -0.1) is 0 Å². The number of hydrogen-bond donors (Lipinski definition) is 0. The zero-order valence-corrected chi connectivity index (χ0v) is 11.8. The van der Waals surface area contributed by atoms with Crippen molar-refractivity contribution in [3.63, 3.8) is 0 Å². The minimum Gasteiger partial charge on any atom is -0.353 e. The van der Waals surface area contributed by atoms with Crippen LogP contribution in [0, 0.1) is 5.82 Å². The van der Waals surface area contributed by atoms with E-state index in [1.807, 2.05) is 0 Å². The van der Waals surface area contributed by atoms with Gasteiger partial charge in [-0.3, -0.25) is 0 Å². The Hall–Kier alpha value is -1.20. The van der Waals surface area contributed by atoms with Gasteiger partial charge in [0.2, 0.25) is 0 Å². The van der Waals surface area contributed by atoms with E-state index in [1.165, 1.54) is 6.07 Å². The van der Waals surface area contributed by atoms with Gasteiger partial charge in [0.1, 0.15) is 0 Å². The van der Waals surface area contributed by atoms with E-state index >= 15 is 0 Å².